The fourth-order valence-electron chi connectivity index (χ4n) is 1.79. The van der Waals surface area contributed by atoms with Gasteiger partial charge in [-0.25, -0.2) is 4.79 Å². The number of ether oxygens (including phenoxy) is 1. The number of hydrogen-bond donors (Lipinski definition) is 3. The minimum Gasteiger partial charge on any atom is -0.481 e. The predicted molar refractivity (Wildman–Crippen MR) is 77.2 cm³/mol. The Morgan fingerprint density at radius 3 is 2.27 bits per heavy atom. The van der Waals surface area contributed by atoms with Crippen LogP contribution in [-0.2, 0) is 20.9 Å². The molecule has 0 unspecified atom stereocenters. The first-order chi connectivity index (χ1) is 10.5. The molecular weight excluding hydrogens is 290 g/mol. The summed E-state index contributed by atoms with van der Waals surface area (Å²) in [6.07, 6.45) is 0.349. The Labute approximate surface area is 127 Å². The van der Waals surface area contributed by atoms with Gasteiger partial charge in [-0.3, -0.25) is 9.59 Å². The number of carboxylic acid groups (broad SMARTS) is 2. The molecule has 22 heavy (non-hydrogen) atoms. The quantitative estimate of drug-likeness (QED) is 0.474. The molecule has 0 radical (unpaired) electrons. The zero-order chi connectivity index (χ0) is 16.4. The van der Waals surface area contributed by atoms with Gasteiger partial charge in [0.15, 0.2) is 5.92 Å². The minimum absolute atomic E-state index is 0.0331. The Morgan fingerprint density at radius 2 is 1.68 bits per heavy atom. The van der Waals surface area contributed by atoms with Crippen molar-refractivity contribution in [2.45, 2.75) is 25.9 Å². The van der Waals surface area contributed by atoms with Gasteiger partial charge in [0.2, 0.25) is 0 Å². The maximum atomic E-state index is 11.4. The first-order valence-electron chi connectivity index (χ1n) is 6.91. The molecule has 0 atom stereocenters. The van der Waals surface area contributed by atoms with Crippen LogP contribution in [0.25, 0.3) is 0 Å². The minimum atomic E-state index is -1.40. The summed E-state index contributed by atoms with van der Waals surface area (Å²) in [5.41, 5.74) is 0.878. The third-order valence-corrected chi connectivity index (χ3v) is 3.00. The molecule has 3 N–H and O–H groups in total. The van der Waals surface area contributed by atoms with Gasteiger partial charge in [-0.15, -0.1) is 0 Å². The van der Waals surface area contributed by atoms with Crippen molar-refractivity contribution in [3.8, 4) is 0 Å². The highest BCUT2D eigenvalue weighted by Gasteiger charge is 2.24. The molecule has 120 valence electrons. The Kier molecular flexibility index (Phi) is 7.45. The van der Waals surface area contributed by atoms with E-state index in [1.54, 1.807) is 0 Å². The average molecular weight is 309 g/mol. The summed E-state index contributed by atoms with van der Waals surface area (Å²) in [6.45, 7) is 0.479. The van der Waals surface area contributed by atoms with E-state index in [1.807, 2.05) is 30.3 Å². The van der Waals surface area contributed by atoms with Gasteiger partial charge < -0.3 is 20.3 Å². The summed E-state index contributed by atoms with van der Waals surface area (Å²) in [5, 5.41) is 19.9. The maximum Gasteiger partial charge on any atom is 0.407 e. The maximum absolute atomic E-state index is 11.4. The lowest BCUT2D eigenvalue weighted by Gasteiger charge is -2.08. The van der Waals surface area contributed by atoms with Gasteiger partial charge in [0, 0.05) is 6.54 Å². The SMILES string of the molecule is O=C(NCCCCC(C(=O)O)C(=O)O)OCc1ccccc1. The van der Waals surface area contributed by atoms with Crippen molar-refractivity contribution >= 4 is 18.0 Å². The lowest BCUT2D eigenvalue weighted by Crippen LogP contribution is -2.26. The van der Waals surface area contributed by atoms with E-state index in [-0.39, 0.29) is 13.0 Å². The smallest absolute Gasteiger partial charge is 0.407 e. The summed E-state index contributed by atoms with van der Waals surface area (Å²) >= 11 is 0. The molecule has 1 aromatic carbocycles. The first kappa shape index (κ1) is 17.5. The van der Waals surface area contributed by atoms with Crippen LogP contribution in [0.5, 0.6) is 0 Å². The number of carbonyl (C=O) groups excluding carboxylic acids is 1. The molecule has 0 saturated carbocycles. The zero-order valence-electron chi connectivity index (χ0n) is 12.0. The summed E-state index contributed by atoms with van der Waals surface area (Å²) < 4.78 is 4.99. The van der Waals surface area contributed by atoms with E-state index in [0.717, 1.165) is 5.56 Å². The van der Waals surface area contributed by atoms with Crippen LogP contribution in [0, 0.1) is 5.92 Å². The van der Waals surface area contributed by atoms with E-state index >= 15 is 0 Å². The lowest BCUT2D eigenvalue weighted by atomic mass is 10.0. The number of unbranched alkanes of at least 4 members (excludes halogenated alkanes) is 1. The van der Waals surface area contributed by atoms with E-state index in [4.69, 9.17) is 14.9 Å². The Morgan fingerprint density at radius 1 is 1.05 bits per heavy atom. The second kappa shape index (κ2) is 9.38. The van der Waals surface area contributed by atoms with Crippen LogP contribution in [0.1, 0.15) is 24.8 Å². The van der Waals surface area contributed by atoms with Crippen LogP contribution >= 0.6 is 0 Å². The molecule has 1 aromatic rings. The summed E-state index contributed by atoms with van der Waals surface area (Å²) in [6, 6.07) is 9.23. The molecule has 7 nitrogen and oxygen atoms in total. The number of benzene rings is 1. The molecule has 0 aliphatic rings. The molecule has 1 amide bonds. The number of carboxylic acids is 2. The summed E-state index contributed by atoms with van der Waals surface area (Å²) in [5.74, 6) is -4.09. The van der Waals surface area contributed by atoms with Crippen LogP contribution < -0.4 is 5.32 Å². The molecule has 0 fully saturated rings. The molecule has 0 bridgehead atoms. The standard InChI is InChI=1S/C15H19NO6/c17-13(18)12(14(19)20)8-4-5-9-16-15(21)22-10-11-6-2-1-3-7-11/h1-3,6-7,12H,4-5,8-10H2,(H,16,21)(H,17,18)(H,19,20). The average Bonchev–Trinajstić information content (AvgIpc) is 2.49. The summed E-state index contributed by atoms with van der Waals surface area (Å²) in [4.78, 5) is 32.7. The van der Waals surface area contributed by atoms with Gasteiger partial charge in [-0.2, -0.15) is 0 Å². The number of aliphatic carboxylic acids is 2. The molecule has 7 heteroatoms. The fraction of sp³-hybridized carbons (Fsp3) is 0.400. The molecule has 0 spiro atoms. The highest BCUT2D eigenvalue weighted by atomic mass is 16.5. The van der Waals surface area contributed by atoms with E-state index in [9.17, 15) is 14.4 Å². The van der Waals surface area contributed by atoms with Crippen molar-refractivity contribution in [1.29, 1.82) is 0 Å². The summed E-state index contributed by atoms with van der Waals surface area (Å²) in [7, 11) is 0. The Balaban J connectivity index is 2.12. The molecule has 1 rings (SSSR count). The van der Waals surface area contributed by atoms with Crippen LogP contribution in [0.15, 0.2) is 30.3 Å². The van der Waals surface area contributed by atoms with E-state index in [1.165, 1.54) is 0 Å². The second-order valence-electron chi connectivity index (χ2n) is 4.71. The van der Waals surface area contributed by atoms with Crippen LogP contribution in [-0.4, -0.2) is 34.8 Å². The number of rotatable bonds is 9. The molecule has 0 saturated heterocycles. The number of amides is 1. The van der Waals surface area contributed by atoms with Crippen LogP contribution in [0.3, 0.4) is 0 Å². The molecule has 0 heterocycles. The van der Waals surface area contributed by atoms with Gasteiger partial charge in [0.1, 0.15) is 6.61 Å². The monoisotopic (exact) mass is 309 g/mol. The third kappa shape index (κ3) is 6.74. The van der Waals surface area contributed by atoms with Crippen molar-refractivity contribution in [2.75, 3.05) is 6.54 Å². The van der Waals surface area contributed by atoms with Crippen molar-refractivity contribution in [3.05, 3.63) is 35.9 Å². The van der Waals surface area contributed by atoms with Crippen molar-refractivity contribution in [1.82, 2.24) is 5.32 Å². The normalized spacial score (nSPS) is 10.2. The van der Waals surface area contributed by atoms with E-state index < -0.39 is 23.9 Å². The Bertz CT molecular complexity index is 488. The number of nitrogens with one attached hydrogen (secondary N) is 1. The highest BCUT2D eigenvalue weighted by Crippen LogP contribution is 2.09. The second-order valence-corrected chi connectivity index (χ2v) is 4.71. The predicted octanol–water partition coefficient (Wildman–Crippen LogP) is 1.87. The van der Waals surface area contributed by atoms with Crippen LogP contribution in [0.2, 0.25) is 0 Å². The molecule has 0 aliphatic heterocycles. The topological polar surface area (TPSA) is 113 Å². The van der Waals surface area contributed by atoms with E-state index in [2.05, 4.69) is 5.32 Å². The van der Waals surface area contributed by atoms with Crippen LogP contribution in [0.4, 0.5) is 4.79 Å². The van der Waals surface area contributed by atoms with Crippen molar-refractivity contribution in [2.24, 2.45) is 5.92 Å². The number of alkyl carbamates (subject to hydrolysis) is 1. The van der Waals surface area contributed by atoms with Gasteiger partial charge in [-0.05, 0) is 18.4 Å². The Hall–Kier alpha value is -2.57. The van der Waals surface area contributed by atoms with E-state index in [0.29, 0.717) is 19.4 Å². The van der Waals surface area contributed by atoms with Gasteiger partial charge in [0.25, 0.3) is 0 Å². The van der Waals surface area contributed by atoms with Crippen molar-refractivity contribution in [3.63, 3.8) is 0 Å². The van der Waals surface area contributed by atoms with Crippen molar-refractivity contribution < 1.29 is 29.3 Å². The van der Waals surface area contributed by atoms with Gasteiger partial charge in [-0.1, -0.05) is 36.8 Å². The van der Waals surface area contributed by atoms with Gasteiger partial charge in [0.05, 0.1) is 0 Å². The zero-order valence-corrected chi connectivity index (χ0v) is 12.0. The first-order valence-corrected chi connectivity index (χ1v) is 6.91. The number of hydrogen-bond acceptors (Lipinski definition) is 4. The highest BCUT2D eigenvalue weighted by molar-refractivity contribution is 5.92. The lowest BCUT2D eigenvalue weighted by molar-refractivity contribution is -0.154. The molecular formula is C15H19NO6. The molecule has 0 aromatic heterocycles. The molecule has 0 aliphatic carbocycles. The third-order valence-electron chi connectivity index (χ3n) is 3.00. The number of carbonyl (C=O) groups is 3. The largest absolute Gasteiger partial charge is 0.481 e. The fourth-order valence-corrected chi connectivity index (χ4v) is 1.79. The van der Waals surface area contributed by atoms with Gasteiger partial charge >= 0.3 is 18.0 Å².